The van der Waals surface area contributed by atoms with Gasteiger partial charge in [-0.25, -0.2) is 14.4 Å². The standard InChI is InChI=1S/C33H32O9.C32H34O8/c1-5-33(3)30(36-4)28-29(41-32(35)40-28)31(42-33)38-23-17-16-22-24(18-25(34)39-26(22)19(23)2)37-27(20-12-8-6-9-13-20)21-14-10-7-11-15-21;1-5-32(3)30(36-4)26(34)27(35)31(40-32)38-23-17-16-22-24(18-25(33)39-28(22)19(23)2)37-29(20-12-8-6-9-13-20)21-14-10-7-11-15-21/h6-18,27-31H,5H2,1-4H3;6-18,26-27,29-31,34-35H,5H2,1-4H3/t28-,29+,30+,31?,33-;26-,27+,30+,31?,32-/m00/s1. The van der Waals surface area contributed by atoms with E-state index in [9.17, 15) is 24.6 Å². The molecule has 6 aromatic carbocycles. The number of benzene rings is 6. The zero-order chi connectivity index (χ0) is 57.9. The molecule has 3 aliphatic heterocycles. The Bertz CT molecular complexity index is 3530. The molecule has 0 amide bonds. The highest BCUT2D eigenvalue weighted by molar-refractivity contribution is 5.88. The number of hydrogen-bond acceptors (Lipinski definition) is 17. The van der Waals surface area contributed by atoms with Gasteiger partial charge in [-0.1, -0.05) is 135 Å². The predicted molar refractivity (Wildman–Crippen MR) is 302 cm³/mol. The predicted octanol–water partition coefficient (Wildman–Crippen LogP) is 11.0. The average molecular weight is 1120 g/mol. The molecule has 2 aromatic heterocycles. The molecule has 8 aromatic rings. The molecule has 3 aliphatic rings. The lowest BCUT2D eigenvalue weighted by Gasteiger charge is -2.47. The van der Waals surface area contributed by atoms with E-state index in [4.69, 9.17) is 56.2 Å². The fraction of sp³-hybridized carbons (Fsp3) is 0.338. The largest absolute Gasteiger partial charge is 0.509 e. The Morgan fingerprint density at radius 1 is 0.488 bits per heavy atom. The van der Waals surface area contributed by atoms with Crippen LogP contribution in [0.1, 0.15) is 86.1 Å². The molecule has 0 saturated carbocycles. The van der Waals surface area contributed by atoms with Crippen LogP contribution in [-0.4, -0.2) is 91.0 Å². The number of hydrogen-bond donors (Lipinski definition) is 2. The normalized spacial score (nSPS) is 25.0. The van der Waals surface area contributed by atoms with Gasteiger partial charge in [-0.05, 0) is 87.1 Å². The number of aliphatic hydroxyl groups excluding tert-OH is 2. The summed E-state index contributed by atoms with van der Waals surface area (Å²) in [5, 5.41) is 22.7. The summed E-state index contributed by atoms with van der Waals surface area (Å²) in [6.45, 7) is 11.1. The van der Waals surface area contributed by atoms with Gasteiger partial charge in [0.2, 0.25) is 18.7 Å². The first kappa shape index (κ1) is 57.2. The van der Waals surface area contributed by atoms with E-state index in [1.807, 2.05) is 142 Å². The molecule has 0 radical (unpaired) electrons. The van der Waals surface area contributed by atoms with Gasteiger partial charge in [0.15, 0.2) is 6.10 Å². The van der Waals surface area contributed by atoms with Crippen molar-refractivity contribution in [2.24, 2.45) is 0 Å². The lowest BCUT2D eigenvalue weighted by atomic mass is 9.86. The Hall–Kier alpha value is -8.03. The zero-order valence-electron chi connectivity index (χ0n) is 46.7. The maximum Gasteiger partial charge on any atom is 0.509 e. The van der Waals surface area contributed by atoms with Crippen molar-refractivity contribution in [3.05, 3.63) is 212 Å². The Labute approximate surface area is 473 Å². The summed E-state index contributed by atoms with van der Waals surface area (Å²) in [5.74, 6) is 1.47. The van der Waals surface area contributed by atoms with Gasteiger partial charge in [-0.3, -0.25) is 0 Å². The number of carbonyl (C=O) groups is 1. The van der Waals surface area contributed by atoms with Crippen molar-refractivity contribution < 1.29 is 71.2 Å². The van der Waals surface area contributed by atoms with Crippen molar-refractivity contribution in [3.63, 3.8) is 0 Å². The number of fused-ring (bicyclic) bond motifs is 3. The molecule has 3 saturated heterocycles. The molecule has 0 aliphatic carbocycles. The van der Waals surface area contributed by atoms with Crippen LogP contribution in [0.4, 0.5) is 4.79 Å². The van der Waals surface area contributed by atoms with E-state index in [0.717, 1.165) is 22.3 Å². The van der Waals surface area contributed by atoms with E-state index in [1.165, 1.54) is 19.2 Å². The van der Waals surface area contributed by atoms with Gasteiger partial charge in [-0.2, -0.15) is 0 Å². The second-order valence-electron chi connectivity index (χ2n) is 20.9. The maximum absolute atomic E-state index is 12.8. The first-order valence-corrected chi connectivity index (χ1v) is 27.2. The lowest BCUT2D eigenvalue weighted by Crippen LogP contribution is -2.64. The molecular formula is C65H66O17. The molecule has 2 unspecified atom stereocenters. The van der Waals surface area contributed by atoms with Crippen LogP contribution < -0.4 is 30.2 Å². The van der Waals surface area contributed by atoms with E-state index in [0.29, 0.717) is 68.9 Å². The smallest absolute Gasteiger partial charge is 0.480 e. The van der Waals surface area contributed by atoms with Crippen LogP contribution in [0.3, 0.4) is 0 Å². The van der Waals surface area contributed by atoms with Crippen LogP contribution in [0.5, 0.6) is 23.0 Å². The number of carbonyl (C=O) groups excluding carboxylic acids is 1. The van der Waals surface area contributed by atoms with Crippen LogP contribution in [0, 0.1) is 13.8 Å². The first-order valence-electron chi connectivity index (χ1n) is 27.2. The van der Waals surface area contributed by atoms with Crippen LogP contribution in [0.2, 0.25) is 0 Å². The van der Waals surface area contributed by atoms with E-state index < -0.39 is 90.0 Å². The average Bonchev–Trinajstić information content (AvgIpc) is 2.67. The van der Waals surface area contributed by atoms with Gasteiger partial charge in [0.1, 0.15) is 70.8 Å². The molecule has 428 valence electrons. The minimum atomic E-state index is -1.36. The molecule has 0 bridgehead atoms. The van der Waals surface area contributed by atoms with Crippen LogP contribution in [0.15, 0.2) is 176 Å². The number of aliphatic hydroxyl groups is 2. The van der Waals surface area contributed by atoms with E-state index in [1.54, 1.807) is 52.1 Å². The summed E-state index contributed by atoms with van der Waals surface area (Å²) in [6.07, 6.45) is -8.22. The monoisotopic (exact) mass is 1120 g/mol. The third kappa shape index (κ3) is 11.4. The summed E-state index contributed by atoms with van der Waals surface area (Å²) < 4.78 is 71.1. The van der Waals surface area contributed by atoms with Crippen LogP contribution in [-0.2, 0) is 28.4 Å². The first-order chi connectivity index (χ1) is 39.6. The van der Waals surface area contributed by atoms with Crippen molar-refractivity contribution >= 4 is 28.1 Å². The van der Waals surface area contributed by atoms with Gasteiger partial charge < -0.3 is 66.4 Å². The summed E-state index contributed by atoms with van der Waals surface area (Å²) in [6, 6.07) is 48.8. The fourth-order valence-electron chi connectivity index (χ4n) is 11.0. The van der Waals surface area contributed by atoms with Crippen molar-refractivity contribution in [2.75, 3.05) is 14.2 Å². The van der Waals surface area contributed by atoms with Crippen molar-refractivity contribution in [2.45, 2.75) is 127 Å². The molecule has 17 heteroatoms. The number of rotatable bonds is 16. The Morgan fingerprint density at radius 2 is 0.866 bits per heavy atom. The van der Waals surface area contributed by atoms with Crippen molar-refractivity contribution in [1.82, 2.24) is 0 Å². The molecule has 11 rings (SSSR count). The molecule has 82 heavy (non-hydrogen) atoms. The number of methoxy groups -OCH3 is 2. The van der Waals surface area contributed by atoms with E-state index >= 15 is 0 Å². The molecule has 0 spiro atoms. The van der Waals surface area contributed by atoms with Gasteiger partial charge >= 0.3 is 17.4 Å². The van der Waals surface area contributed by atoms with Crippen LogP contribution >= 0.6 is 0 Å². The Morgan fingerprint density at radius 3 is 1.27 bits per heavy atom. The molecule has 10 atom stereocenters. The number of ether oxygens (including phenoxy) is 10. The molecular weight excluding hydrogens is 1050 g/mol. The third-order valence-electron chi connectivity index (χ3n) is 15.7. The second kappa shape index (κ2) is 24.2. The van der Waals surface area contributed by atoms with E-state index in [2.05, 4.69) is 0 Å². The Kier molecular flexibility index (Phi) is 16.9. The molecule has 5 heterocycles. The highest BCUT2D eigenvalue weighted by Gasteiger charge is 2.60. The topological polar surface area (TPSA) is 210 Å². The summed E-state index contributed by atoms with van der Waals surface area (Å²) in [4.78, 5) is 37.6. The SMILES string of the molecule is CC[C@]1(C)OC(Oc2ccc3c(OC(c4ccccc4)c4ccccc4)cc(=O)oc3c2C)[C@@H]2OC(=O)O[C@@H]2[C@H]1OC.CC[C@]1(C)OC(Oc2ccc3c(OC(c4ccccc4)c4ccccc4)cc(=O)oc3c2C)[C@H](O)[C@H](O)[C@H]1OC. The summed E-state index contributed by atoms with van der Waals surface area (Å²) >= 11 is 0. The third-order valence-corrected chi connectivity index (χ3v) is 15.7. The lowest BCUT2D eigenvalue weighted by molar-refractivity contribution is -0.311. The van der Waals surface area contributed by atoms with Gasteiger partial charge in [0.05, 0.1) is 34.1 Å². The molecule has 17 nitrogen and oxygen atoms in total. The highest BCUT2D eigenvalue weighted by atomic mass is 16.8. The van der Waals surface area contributed by atoms with Crippen LogP contribution in [0.25, 0.3) is 21.9 Å². The quantitative estimate of drug-likeness (QED) is 0.0680. The fourth-order valence-corrected chi connectivity index (χ4v) is 11.0. The van der Waals surface area contributed by atoms with Crippen molar-refractivity contribution in [3.8, 4) is 23.0 Å². The minimum absolute atomic E-state index is 0.291. The highest BCUT2D eigenvalue weighted by Crippen LogP contribution is 2.44. The van der Waals surface area contributed by atoms with Gasteiger partial charge in [0.25, 0.3) is 0 Å². The van der Waals surface area contributed by atoms with E-state index in [-0.39, 0.29) is 0 Å². The molecule has 2 N–H and O–H groups in total. The maximum atomic E-state index is 12.8. The summed E-state index contributed by atoms with van der Waals surface area (Å²) in [5.41, 5.74) is 2.59. The summed E-state index contributed by atoms with van der Waals surface area (Å²) in [7, 11) is 3.01. The van der Waals surface area contributed by atoms with Gasteiger partial charge in [-0.15, -0.1) is 0 Å². The second-order valence-corrected chi connectivity index (χ2v) is 20.9. The zero-order valence-corrected chi connectivity index (χ0v) is 46.7. The Balaban J connectivity index is 0.000000184. The van der Waals surface area contributed by atoms with Crippen molar-refractivity contribution in [1.29, 1.82) is 0 Å². The van der Waals surface area contributed by atoms with Gasteiger partial charge in [0, 0.05) is 25.3 Å². The molecule has 3 fully saturated rings. The minimum Gasteiger partial charge on any atom is -0.480 e. The number of aryl methyl sites for hydroxylation is 2.